The number of nitrogens with two attached hydrogens (primary N) is 1. The van der Waals surface area contributed by atoms with Crippen molar-refractivity contribution in [3.8, 4) is 0 Å². The molecule has 0 saturated carbocycles. The van der Waals surface area contributed by atoms with Crippen LogP contribution in [0.15, 0.2) is 24.5 Å². The van der Waals surface area contributed by atoms with E-state index >= 15 is 0 Å². The Morgan fingerprint density at radius 1 is 1.62 bits per heavy atom. The molecule has 0 aliphatic carbocycles. The molecule has 0 aromatic carbocycles. The minimum Gasteiger partial charge on any atom is -0.480 e. The summed E-state index contributed by atoms with van der Waals surface area (Å²) in [6.45, 7) is 0. The van der Waals surface area contributed by atoms with Crippen LogP contribution in [-0.2, 0) is 11.2 Å². The zero-order valence-electron chi connectivity index (χ0n) is 8.38. The van der Waals surface area contributed by atoms with Crippen LogP contribution in [-0.4, -0.2) is 27.1 Å². The topological polar surface area (TPSA) is 92.0 Å². The monoisotopic (exact) mass is 241 g/mol. The maximum atomic E-state index is 10.6. The number of H-pyrrole nitrogens is 1. The molecule has 5 nitrogen and oxygen atoms in total. The van der Waals surface area contributed by atoms with Gasteiger partial charge in [0.15, 0.2) is 0 Å². The van der Waals surface area contributed by atoms with Gasteiger partial charge in [0.05, 0.1) is 0 Å². The number of aliphatic carboxylic acids is 1. The Balaban J connectivity index is 0.00000128. The average Bonchev–Trinajstić information content (AvgIpc) is 2.62. The molecule has 0 amide bonds. The van der Waals surface area contributed by atoms with Crippen LogP contribution in [0.4, 0.5) is 0 Å². The largest absolute Gasteiger partial charge is 0.480 e. The first-order chi connectivity index (χ1) is 7.18. The number of pyridine rings is 1. The molecule has 0 aliphatic rings. The van der Waals surface area contributed by atoms with Crippen molar-refractivity contribution in [2.24, 2.45) is 5.73 Å². The predicted molar refractivity (Wildman–Crippen MR) is 62.7 cm³/mol. The number of fused-ring (bicyclic) bond motifs is 1. The smallest absolute Gasteiger partial charge is 0.320 e. The molecule has 0 fully saturated rings. The van der Waals surface area contributed by atoms with Gasteiger partial charge in [0, 0.05) is 24.2 Å². The molecule has 0 unspecified atom stereocenters. The van der Waals surface area contributed by atoms with Gasteiger partial charge in [-0.15, -0.1) is 12.4 Å². The molecule has 0 bridgehead atoms. The van der Waals surface area contributed by atoms with Gasteiger partial charge in [0.1, 0.15) is 11.7 Å². The Labute approximate surface area is 98.1 Å². The zero-order valence-corrected chi connectivity index (χ0v) is 9.20. The number of nitrogens with one attached hydrogen (secondary N) is 1. The van der Waals surface area contributed by atoms with E-state index < -0.39 is 12.0 Å². The van der Waals surface area contributed by atoms with E-state index in [1.807, 2.05) is 12.1 Å². The van der Waals surface area contributed by atoms with Crippen molar-refractivity contribution < 1.29 is 9.90 Å². The highest BCUT2D eigenvalue weighted by Crippen LogP contribution is 2.16. The normalized spacial score (nSPS) is 12.1. The van der Waals surface area contributed by atoms with E-state index in [2.05, 4.69) is 9.97 Å². The maximum absolute atomic E-state index is 10.6. The third-order valence-corrected chi connectivity index (χ3v) is 2.29. The van der Waals surface area contributed by atoms with E-state index in [1.54, 1.807) is 12.4 Å². The molecule has 1 atom stereocenters. The first-order valence-electron chi connectivity index (χ1n) is 4.58. The number of aromatic amines is 1. The number of hydrogen-bond donors (Lipinski definition) is 3. The average molecular weight is 242 g/mol. The molecule has 2 heterocycles. The summed E-state index contributed by atoms with van der Waals surface area (Å²) in [5.41, 5.74) is 7.10. The van der Waals surface area contributed by atoms with Crippen LogP contribution in [0.1, 0.15) is 5.56 Å². The number of carbonyl (C=O) groups is 1. The Kier molecular flexibility index (Phi) is 3.87. The third-order valence-electron chi connectivity index (χ3n) is 2.29. The highest BCUT2D eigenvalue weighted by Gasteiger charge is 2.14. The van der Waals surface area contributed by atoms with E-state index in [9.17, 15) is 4.79 Å². The summed E-state index contributed by atoms with van der Waals surface area (Å²) in [7, 11) is 0. The molecule has 86 valence electrons. The lowest BCUT2D eigenvalue weighted by Gasteiger charge is -2.04. The summed E-state index contributed by atoms with van der Waals surface area (Å²) < 4.78 is 0. The number of carboxylic acids is 1. The van der Waals surface area contributed by atoms with Crippen LogP contribution in [0.25, 0.3) is 11.0 Å². The van der Waals surface area contributed by atoms with Gasteiger partial charge in [-0.2, -0.15) is 0 Å². The predicted octanol–water partition coefficient (Wildman–Crippen LogP) is 0.939. The number of nitrogens with zero attached hydrogens (tertiary/aromatic N) is 1. The second kappa shape index (κ2) is 4.96. The number of aromatic nitrogens is 2. The van der Waals surface area contributed by atoms with Gasteiger partial charge in [0.25, 0.3) is 0 Å². The first kappa shape index (κ1) is 12.5. The minimum absolute atomic E-state index is 0. The summed E-state index contributed by atoms with van der Waals surface area (Å²) in [5.74, 6) is -0.992. The second-order valence-electron chi connectivity index (χ2n) is 3.36. The van der Waals surface area contributed by atoms with Gasteiger partial charge in [-0.25, -0.2) is 4.98 Å². The lowest BCUT2D eigenvalue weighted by atomic mass is 10.1. The third kappa shape index (κ3) is 2.32. The molecule has 16 heavy (non-hydrogen) atoms. The number of halogens is 1. The quantitative estimate of drug-likeness (QED) is 0.746. The standard InChI is InChI=1S/C10H11N3O2.ClH/c11-8(10(14)15)4-6-5-13-9-7(6)2-1-3-12-9;/h1-3,5,8H,4,11H2,(H,12,13)(H,14,15);1H/t8-;/m0./s1. The van der Waals surface area contributed by atoms with Gasteiger partial charge in [-0.05, 0) is 17.7 Å². The van der Waals surface area contributed by atoms with Crippen molar-refractivity contribution in [1.82, 2.24) is 9.97 Å². The van der Waals surface area contributed by atoms with Crippen molar-refractivity contribution in [3.63, 3.8) is 0 Å². The van der Waals surface area contributed by atoms with Crippen molar-refractivity contribution >= 4 is 29.4 Å². The van der Waals surface area contributed by atoms with Crippen LogP contribution in [0.3, 0.4) is 0 Å². The Bertz CT molecular complexity index is 498. The molecular formula is C10H12ClN3O2. The van der Waals surface area contributed by atoms with Crippen molar-refractivity contribution in [2.75, 3.05) is 0 Å². The Morgan fingerprint density at radius 2 is 2.38 bits per heavy atom. The molecule has 4 N–H and O–H groups in total. The van der Waals surface area contributed by atoms with Crippen LogP contribution in [0.2, 0.25) is 0 Å². The van der Waals surface area contributed by atoms with E-state index in [0.29, 0.717) is 6.42 Å². The summed E-state index contributed by atoms with van der Waals surface area (Å²) >= 11 is 0. The molecule has 0 aliphatic heterocycles. The Hall–Kier alpha value is -1.59. The van der Waals surface area contributed by atoms with E-state index in [-0.39, 0.29) is 12.4 Å². The van der Waals surface area contributed by atoms with E-state index in [0.717, 1.165) is 16.6 Å². The summed E-state index contributed by atoms with van der Waals surface area (Å²) in [4.78, 5) is 17.7. The van der Waals surface area contributed by atoms with Crippen molar-refractivity contribution in [2.45, 2.75) is 12.5 Å². The fraction of sp³-hybridized carbons (Fsp3) is 0.200. The van der Waals surface area contributed by atoms with Crippen LogP contribution in [0, 0.1) is 0 Å². The molecule has 0 saturated heterocycles. The highest BCUT2D eigenvalue weighted by molar-refractivity contribution is 5.85. The lowest BCUT2D eigenvalue weighted by molar-refractivity contribution is -0.138. The minimum atomic E-state index is -0.992. The van der Waals surface area contributed by atoms with Gasteiger partial charge in [-0.3, -0.25) is 4.79 Å². The molecule has 0 radical (unpaired) electrons. The second-order valence-corrected chi connectivity index (χ2v) is 3.36. The number of carboxylic acid groups (broad SMARTS) is 1. The van der Waals surface area contributed by atoms with Crippen molar-refractivity contribution in [1.29, 1.82) is 0 Å². The van der Waals surface area contributed by atoms with Gasteiger partial charge < -0.3 is 15.8 Å². The molecule has 6 heteroatoms. The summed E-state index contributed by atoms with van der Waals surface area (Å²) in [5, 5.41) is 9.63. The summed E-state index contributed by atoms with van der Waals surface area (Å²) in [6, 6.07) is 2.83. The van der Waals surface area contributed by atoms with Gasteiger partial charge in [-0.1, -0.05) is 0 Å². The fourth-order valence-corrected chi connectivity index (χ4v) is 1.51. The first-order valence-corrected chi connectivity index (χ1v) is 4.58. The summed E-state index contributed by atoms with van der Waals surface area (Å²) in [6.07, 6.45) is 3.74. The SMILES string of the molecule is Cl.N[C@@H](Cc1c[nH]c2ncccc12)C(=O)O. The molecular weight excluding hydrogens is 230 g/mol. The molecule has 2 aromatic rings. The lowest BCUT2D eigenvalue weighted by Crippen LogP contribution is -2.32. The number of rotatable bonds is 3. The number of hydrogen-bond acceptors (Lipinski definition) is 3. The van der Waals surface area contributed by atoms with Gasteiger partial charge in [0.2, 0.25) is 0 Å². The zero-order chi connectivity index (χ0) is 10.8. The van der Waals surface area contributed by atoms with Crippen molar-refractivity contribution in [3.05, 3.63) is 30.1 Å². The van der Waals surface area contributed by atoms with Crippen LogP contribution in [0.5, 0.6) is 0 Å². The van der Waals surface area contributed by atoms with Crippen LogP contribution < -0.4 is 5.73 Å². The highest BCUT2D eigenvalue weighted by atomic mass is 35.5. The Morgan fingerprint density at radius 3 is 3.06 bits per heavy atom. The maximum Gasteiger partial charge on any atom is 0.320 e. The molecule has 2 rings (SSSR count). The van der Waals surface area contributed by atoms with E-state index in [4.69, 9.17) is 10.8 Å². The van der Waals surface area contributed by atoms with Gasteiger partial charge >= 0.3 is 5.97 Å². The van der Waals surface area contributed by atoms with E-state index in [1.165, 1.54) is 0 Å². The van der Waals surface area contributed by atoms with Crippen LogP contribution >= 0.6 is 12.4 Å². The fourth-order valence-electron chi connectivity index (χ4n) is 1.51. The molecule has 0 spiro atoms. The molecule has 2 aromatic heterocycles.